The third-order valence-electron chi connectivity index (χ3n) is 2.93. The van der Waals surface area contributed by atoms with Gasteiger partial charge >= 0.3 is 0 Å². The highest BCUT2D eigenvalue weighted by molar-refractivity contribution is 6.21. The molecule has 16 heavy (non-hydrogen) atoms. The zero-order valence-electron chi connectivity index (χ0n) is 9.91. The summed E-state index contributed by atoms with van der Waals surface area (Å²) in [6.07, 6.45) is 3.22. The molecule has 1 unspecified atom stereocenters. The second kappa shape index (κ2) is 5.00. The second-order valence-corrected chi connectivity index (χ2v) is 4.92. The number of aromatic nitrogens is 2. The lowest BCUT2D eigenvalue weighted by atomic mass is 10.1. The Labute approximate surface area is 102 Å². The van der Waals surface area contributed by atoms with Crippen molar-refractivity contribution in [1.29, 1.82) is 0 Å². The van der Waals surface area contributed by atoms with E-state index < -0.39 is 0 Å². The first-order chi connectivity index (χ1) is 7.69. The molecule has 1 saturated heterocycles. The zero-order chi connectivity index (χ0) is 11.5. The number of anilines is 1. The van der Waals surface area contributed by atoms with Gasteiger partial charge in [0.2, 0.25) is 0 Å². The number of hydrogen-bond acceptors (Lipinski definition) is 3. The number of halogens is 1. The van der Waals surface area contributed by atoms with Gasteiger partial charge in [-0.25, -0.2) is 9.97 Å². The van der Waals surface area contributed by atoms with E-state index in [-0.39, 0.29) is 5.38 Å². The molecular weight excluding hydrogens is 222 g/mol. The molecule has 3 nitrogen and oxygen atoms in total. The fourth-order valence-corrected chi connectivity index (χ4v) is 2.41. The van der Waals surface area contributed by atoms with E-state index >= 15 is 0 Å². The van der Waals surface area contributed by atoms with Crippen LogP contribution < -0.4 is 4.90 Å². The molecule has 0 amide bonds. The van der Waals surface area contributed by atoms with Crippen molar-refractivity contribution in [2.75, 3.05) is 18.0 Å². The van der Waals surface area contributed by atoms with E-state index in [0.29, 0.717) is 0 Å². The molecule has 1 fully saturated rings. The van der Waals surface area contributed by atoms with Crippen LogP contribution >= 0.6 is 11.6 Å². The highest BCUT2D eigenvalue weighted by Gasteiger charge is 2.19. The van der Waals surface area contributed by atoms with Crippen molar-refractivity contribution in [3.05, 3.63) is 17.6 Å². The Kier molecular flexibility index (Phi) is 3.64. The third kappa shape index (κ3) is 2.64. The number of nitrogens with zero attached hydrogens (tertiary/aromatic N) is 3. The Morgan fingerprint density at radius 3 is 3.00 bits per heavy atom. The van der Waals surface area contributed by atoms with Gasteiger partial charge in [-0.1, -0.05) is 6.92 Å². The summed E-state index contributed by atoms with van der Waals surface area (Å²) in [4.78, 5) is 11.2. The van der Waals surface area contributed by atoms with Crippen LogP contribution in [0, 0.1) is 6.92 Å². The maximum absolute atomic E-state index is 6.19. The largest absolute Gasteiger partial charge is 0.355 e. The zero-order valence-corrected chi connectivity index (χ0v) is 10.7. The van der Waals surface area contributed by atoms with Gasteiger partial charge in [-0.05, 0) is 26.2 Å². The summed E-state index contributed by atoms with van der Waals surface area (Å²) in [5, 5.41) is 0.258. The lowest BCUT2D eigenvalue weighted by Crippen LogP contribution is -2.36. The van der Waals surface area contributed by atoms with Crippen molar-refractivity contribution in [3.8, 4) is 0 Å². The molecule has 0 aromatic carbocycles. The van der Waals surface area contributed by atoms with Gasteiger partial charge in [0, 0.05) is 24.8 Å². The van der Waals surface area contributed by atoms with Crippen LogP contribution in [0.5, 0.6) is 0 Å². The van der Waals surface area contributed by atoms with E-state index in [1.165, 1.54) is 0 Å². The first-order valence-corrected chi connectivity index (χ1v) is 6.36. The SMILES string of the molecule is CCc1cc(N2CCCC(Cl)C2)nc(C)n1. The minimum absolute atomic E-state index is 0.258. The monoisotopic (exact) mass is 239 g/mol. The van der Waals surface area contributed by atoms with Gasteiger partial charge in [-0.2, -0.15) is 0 Å². The number of rotatable bonds is 2. The van der Waals surface area contributed by atoms with Crippen LogP contribution in [0.4, 0.5) is 5.82 Å². The van der Waals surface area contributed by atoms with Crippen molar-refractivity contribution in [2.45, 2.75) is 38.5 Å². The smallest absolute Gasteiger partial charge is 0.132 e. The number of aryl methyl sites for hydroxylation is 2. The summed E-state index contributed by atoms with van der Waals surface area (Å²) in [6, 6.07) is 2.09. The first-order valence-electron chi connectivity index (χ1n) is 5.92. The van der Waals surface area contributed by atoms with Crippen molar-refractivity contribution < 1.29 is 0 Å². The maximum Gasteiger partial charge on any atom is 0.132 e. The molecule has 0 radical (unpaired) electrons. The van der Waals surface area contributed by atoms with Gasteiger partial charge in [-0.15, -0.1) is 11.6 Å². The lowest BCUT2D eigenvalue weighted by molar-refractivity contribution is 0.578. The maximum atomic E-state index is 6.19. The summed E-state index contributed by atoms with van der Waals surface area (Å²) < 4.78 is 0. The van der Waals surface area contributed by atoms with Crippen LogP contribution in [0.25, 0.3) is 0 Å². The topological polar surface area (TPSA) is 29.0 Å². The van der Waals surface area contributed by atoms with Gasteiger partial charge in [0.15, 0.2) is 0 Å². The molecule has 2 heterocycles. The predicted molar refractivity (Wildman–Crippen MR) is 67.2 cm³/mol. The average Bonchev–Trinajstić information content (AvgIpc) is 2.28. The molecular formula is C12H18ClN3. The van der Waals surface area contributed by atoms with E-state index in [1.807, 2.05) is 6.92 Å². The summed E-state index contributed by atoms with van der Waals surface area (Å²) in [5.74, 6) is 1.89. The summed E-state index contributed by atoms with van der Waals surface area (Å²) in [5.41, 5.74) is 1.11. The van der Waals surface area contributed by atoms with E-state index in [0.717, 1.165) is 49.7 Å². The molecule has 4 heteroatoms. The highest BCUT2D eigenvalue weighted by atomic mass is 35.5. The van der Waals surface area contributed by atoms with Crippen LogP contribution in [0.3, 0.4) is 0 Å². The Bertz CT molecular complexity index is 367. The molecule has 0 aliphatic carbocycles. The Morgan fingerprint density at radius 1 is 1.50 bits per heavy atom. The van der Waals surface area contributed by atoms with Crippen LogP contribution in [0.2, 0.25) is 0 Å². The minimum atomic E-state index is 0.258. The number of alkyl halides is 1. The van der Waals surface area contributed by atoms with Crippen molar-refractivity contribution in [2.24, 2.45) is 0 Å². The van der Waals surface area contributed by atoms with E-state index in [9.17, 15) is 0 Å². The van der Waals surface area contributed by atoms with Crippen LogP contribution in [0.15, 0.2) is 6.07 Å². The van der Waals surface area contributed by atoms with Crippen LogP contribution in [-0.2, 0) is 6.42 Å². The molecule has 1 aliphatic rings. The second-order valence-electron chi connectivity index (χ2n) is 4.30. The number of piperidine rings is 1. The fourth-order valence-electron chi connectivity index (χ4n) is 2.09. The molecule has 0 spiro atoms. The van der Waals surface area contributed by atoms with E-state index in [1.54, 1.807) is 0 Å². The summed E-state index contributed by atoms with van der Waals surface area (Å²) in [6.45, 7) is 6.03. The normalized spacial score (nSPS) is 21.2. The summed E-state index contributed by atoms with van der Waals surface area (Å²) in [7, 11) is 0. The molecule has 1 atom stereocenters. The van der Waals surface area contributed by atoms with Crippen LogP contribution in [0.1, 0.15) is 31.3 Å². The molecule has 0 N–H and O–H groups in total. The van der Waals surface area contributed by atoms with Gasteiger partial charge in [-0.3, -0.25) is 0 Å². The standard InChI is InChI=1S/C12H18ClN3/c1-3-11-7-12(15-9(2)14-11)16-6-4-5-10(13)8-16/h7,10H,3-6,8H2,1-2H3. The molecule has 1 aliphatic heterocycles. The Hall–Kier alpha value is -0.830. The Balaban J connectivity index is 2.21. The molecule has 1 aromatic rings. The van der Waals surface area contributed by atoms with E-state index in [4.69, 9.17) is 11.6 Å². The average molecular weight is 240 g/mol. The fraction of sp³-hybridized carbons (Fsp3) is 0.667. The predicted octanol–water partition coefficient (Wildman–Crippen LogP) is 2.56. The molecule has 0 saturated carbocycles. The Morgan fingerprint density at radius 2 is 2.31 bits per heavy atom. The van der Waals surface area contributed by atoms with Crippen molar-refractivity contribution in [3.63, 3.8) is 0 Å². The van der Waals surface area contributed by atoms with Crippen molar-refractivity contribution >= 4 is 17.4 Å². The van der Waals surface area contributed by atoms with Gasteiger partial charge < -0.3 is 4.90 Å². The first kappa shape index (κ1) is 11.6. The molecule has 2 rings (SSSR count). The third-order valence-corrected chi connectivity index (χ3v) is 3.28. The number of hydrogen-bond donors (Lipinski definition) is 0. The summed E-state index contributed by atoms with van der Waals surface area (Å²) >= 11 is 6.19. The van der Waals surface area contributed by atoms with Gasteiger partial charge in [0.25, 0.3) is 0 Å². The molecule has 0 bridgehead atoms. The quantitative estimate of drug-likeness (QED) is 0.743. The van der Waals surface area contributed by atoms with Gasteiger partial charge in [0.05, 0.1) is 5.38 Å². The molecule has 1 aromatic heterocycles. The van der Waals surface area contributed by atoms with Gasteiger partial charge in [0.1, 0.15) is 11.6 Å². The molecule has 88 valence electrons. The lowest BCUT2D eigenvalue weighted by Gasteiger charge is -2.31. The van der Waals surface area contributed by atoms with E-state index in [2.05, 4.69) is 27.9 Å². The van der Waals surface area contributed by atoms with Crippen molar-refractivity contribution in [1.82, 2.24) is 9.97 Å². The highest BCUT2D eigenvalue weighted by Crippen LogP contribution is 2.21. The minimum Gasteiger partial charge on any atom is -0.355 e. The van der Waals surface area contributed by atoms with Crippen LogP contribution in [-0.4, -0.2) is 28.4 Å².